The van der Waals surface area contributed by atoms with Gasteiger partial charge in [-0.25, -0.2) is 0 Å². The summed E-state index contributed by atoms with van der Waals surface area (Å²) in [6.07, 6.45) is 13.2. The number of rotatable bonds is 3. The molecule has 0 aliphatic heterocycles. The molecule has 0 saturated heterocycles. The van der Waals surface area contributed by atoms with Gasteiger partial charge < -0.3 is 4.42 Å². The Hall–Kier alpha value is -1.90. The molecule has 1 aromatic carbocycles. The molecule has 0 spiro atoms. The van der Waals surface area contributed by atoms with Gasteiger partial charge in [0.2, 0.25) is 11.8 Å². The van der Waals surface area contributed by atoms with Crippen LogP contribution in [0.3, 0.4) is 0 Å². The number of allylic oxidation sites excluding steroid dienone is 1. The summed E-state index contributed by atoms with van der Waals surface area (Å²) in [7, 11) is 0. The molecule has 1 aromatic heterocycles. The fourth-order valence-corrected chi connectivity index (χ4v) is 12.8. The fourth-order valence-electron chi connectivity index (χ4n) is 12.8. The Labute approximate surface area is 249 Å². The maximum absolute atomic E-state index is 6.65. The molecule has 0 radical (unpaired) electrons. The quantitative estimate of drug-likeness (QED) is 0.354. The van der Waals surface area contributed by atoms with Crippen LogP contribution in [0.15, 0.2) is 46.9 Å². The van der Waals surface area contributed by atoms with E-state index in [-0.39, 0.29) is 5.41 Å². The van der Waals surface area contributed by atoms with Crippen molar-refractivity contribution < 1.29 is 4.42 Å². The van der Waals surface area contributed by atoms with Crippen molar-refractivity contribution in [2.24, 2.45) is 57.2 Å². The Morgan fingerprint density at radius 3 is 2.29 bits per heavy atom. The van der Waals surface area contributed by atoms with Gasteiger partial charge in [-0.1, -0.05) is 71.9 Å². The molecule has 0 unspecified atom stereocenters. The first kappa shape index (κ1) is 27.9. The summed E-state index contributed by atoms with van der Waals surface area (Å²) in [4.78, 5) is 0. The van der Waals surface area contributed by atoms with E-state index in [0.29, 0.717) is 45.3 Å². The summed E-state index contributed by atoms with van der Waals surface area (Å²) in [5.41, 5.74) is 4.01. The van der Waals surface area contributed by atoms with Gasteiger partial charge in [0.05, 0.1) is 5.41 Å². The molecule has 1 heterocycles. The van der Waals surface area contributed by atoms with Gasteiger partial charge in [0.1, 0.15) is 0 Å². The van der Waals surface area contributed by atoms with Gasteiger partial charge in [-0.2, -0.15) is 0 Å². The van der Waals surface area contributed by atoms with Crippen LogP contribution in [-0.2, 0) is 5.41 Å². The normalized spacial score (nSPS) is 46.6. The third-order valence-electron chi connectivity index (χ3n) is 15.5. The highest BCUT2D eigenvalue weighted by molar-refractivity contribution is 5.52. The molecule has 2 aromatic rings. The Kier molecular flexibility index (Phi) is 6.16. The Morgan fingerprint density at radius 2 is 1.56 bits per heavy atom. The zero-order valence-corrected chi connectivity index (χ0v) is 26.9. The number of fused-ring (bicyclic) bond motifs is 7. The van der Waals surface area contributed by atoms with Crippen LogP contribution in [-0.4, -0.2) is 10.2 Å². The molecular formula is C38H54N2O. The van der Waals surface area contributed by atoms with Gasteiger partial charge in [0.25, 0.3) is 0 Å². The summed E-state index contributed by atoms with van der Waals surface area (Å²) in [5.74, 6) is 5.88. The lowest BCUT2D eigenvalue weighted by molar-refractivity contribution is -0.237. The van der Waals surface area contributed by atoms with Gasteiger partial charge in [0, 0.05) is 5.56 Å². The molecule has 5 saturated carbocycles. The Balaban J connectivity index is 1.28. The maximum Gasteiger partial charge on any atom is 0.247 e. The van der Waals surface area contributed by atoms with E-state index in [1.807, 2.05) is 6.07 Å². The first-order chi connectivity index (χ1) is 19.4. The lowest BCUT2D eigenvalue weighted by Gasteiger charge is -2.73. The van der Waals surface area contributed by atoms with E-state index in [1.54, 1.807) is 0 Å². The van der Waals surface area contributed by atoms with Crippen molar-refractivity contribution in [1.29, 1.82) is 0 Å². The summed E-state index contributed by atoms with van der Waals surface area (Å²) in [6.45, 7) is 22.9. The number of nitrogens with zero attached hydrogens (tertiary/aromatic N) is 2. The van der Waals surface area contributed by atoms with E-state index in [4.69, 9.17) is 9.52 Å². The van der Waals surface area contributed by atoms with E-state index in [9.17, 15) is 0 Å². The number of hydrogen-bond acceptors (Lipinski definition) is 3. The molecule has 222 valence electrons. The van der Waals surface area contributed by atoms with E-state index in [0.717, 1.165) is 35.6 Å². The molecule has 7 rings (SSSR count). The molecular weight excluding hydrogens is 500 g/mol. The van der Waals surface area contributed by atoms with E-state index in [1.165, 1.54) is 63.4 Å². The third kappa shape index (κ3) is 3.56. The van der Waals surface area contributed by atoms with Gasteiger partial charge in [-0.3, -0.25) is 0 Å². The second-order valence-corrected chi connectivity index (χ2v) is 16.9. The Morgan fingerprint density at radius 1 is 0.805 bits per heavy atom. The lowest BCUT2D eigenvalue weighted by Crippen LogP contribution is -2.66. The highest BCUT2D eigenvalue weighted by Crippen LogP contribution is 2.77. The predicted molar refractivity (Wildman–Crippen MR) is 167 cm³/mol. The van der Waals surface area contributed by atoms with Crippen LogP contribution in [0.1, 0.15) is 119 Å². The largest absolute Gasteiger partial charge is 0.420 e. The molecule has 5 fully saturated rings. The number of benzene rings is 1. The molecule has 0 N–H and O–H groups in total. The van der Waals surface area contributed by atoms with Crippen molar-refractivity contribution >= 4 is 0 Å². The zero-order chi connectivity index (χ0) is 29.0. The van der Waals surface area contributed by atoms with E-state index < -0.39 is 0 Å². The summed E-state index contributed by atoms with van der Waals surface area (Å²) < 4.78 is 6.65. The molecule has 0 amide bonds. The van der Waals surface area contributed by atoms with Crippen LogP contribution in [0, 0.1) is 57.2 Å². The van der Waals surface area contributed by atoms with Crippen LogP contribution in [0.25, 0.3) is 11.5 Å². The predicted octanol–water partition coefficient (Wildman–Crippen LogP) is 10.3. The van der Waals surface area contributed by atoms with Crippen LogP contribution in [0.4, 0.5) is 0 Å². The zero-order valence-electron chi connectivity index (χ0n) is 26.9. The summed E-state index contributed by atoms with van der Waals surface area (Å²) >= 11 is 0. The van der Waals surface area contributed by atoms with Crippen molar-refractivity contribution in [3.05, 3.63) is 48.4 Å². The maximum atomic E-state index is 6.65. The first-order valence-electron chi connectivity index (χ1n) is 16.9. The minimum absolute atomic E-state index is 0.0135. The third-order valence-corrected chi connectivity index (χ3v) is 15.5. The average molecular weight is 555 g/mol. The van der Waals surface area contributed by atoms with Crippen molar-refractivity contribution in [3.63, 3.8) is 0 Å². The number of aromatic nitrogens is 2. The Bertz CT molecular complexity index is 1330. The topological polar surface area (TPSA) is 38.9 Å². The average Bonchev–Trinajstić information content (AvgIpc) is 3.59. The summed E-state index contributed by atoms with van der Waals surface area (Å²) in [6, 6.07) is 10.3. The fraction of sp³-hybridized carbons (Fsp3) is 0.737. The van der Waals surface area contributed by atoms with E-state index in [2.05, 4.69) is 84.4 Å². The highest BCUT2D eigenvalue weighted by atomic mass is 16.4. The molecule has 3 nitrogen and oxygen atoms in total. The van der Waals surface area contributed by atoms with Crippen molar-refractivity contribution in [2.45, 2.75) is 118 Å². The smallest absolute Gasteiger partial charge is 0.247 e. The lowest BCUT2D eigenvalue weighted by atomic mass is 9.32. The molecule has 0 bridgehead atoms. The first-order valence-corrected chi connectivity index (χ1v) is 16.9. The van der Waals surface area contributed by atoms with Gasteiger partial charge in [-0.05, 0) is 140 Å². The van der Waals surface area contributed by atoms with Gasteiger partial charge in [0.15, 0.2) is 0 Å². The second-order valence-electron chi connectivity index (χ2n) is 16.9. The summed E-state index contributed by atoms with van der Waals surface area (Å²) in [5, 5.41) is 9.47. The standard InChI is InChI=1S/C38H54N2O/c1-24(2)27-17-21-38(33-40-39-32(41-33)26-12-10-9-11-13-26)23-22-36(7)28(31(27)38)14-15-30-35(6)19-16-25(3)34(4,5)29(35)18-20-37(30,36)8/h9-13,25,27-31H,1,14-23H2,2-8H3/t25-,27-,28+,29-,30+,31+,35-,36+,37+,38-/m0/s1. The molecule has 10 atom stereocenters. The van der Waals surface area contributed by atoms with Gasteiger partial charge in [-0.15, -0.1) is 10.2 Å². The molecule has 41 heavy (non-hydrogen) atoms. The SMILES string of the molecule is C=C(C)[C@@H]1CC[C@]2(c3nnc(-c4ccccc4)o3)CC[C@]3(C)[C@H](CC[C@@H]4[C@@]5(C)CC[C@H](C)C(C)(C)[C@@H]5CC[C@]43C)[C@@H]12. The van der Waals surface area contributed by atoms with Crippen LogP contribution in [0.5, 0.6) is 0 Å². The van der Waals surface area contributed by atoms with Crippen LogP contribution < -0.4 is 0 Å². The van der Waals surface area contributed by atoms with Crippen molar-refractivity contribution in [2.75, 3.05) is 0 Å². The monoisotopic (exact) mass is 554 g/mol. The number of hydrogen-bond donors (Lipinski definition) is 0. The minimum atomic E-state index is -0.0135. The molecule has 5 aliphatic rings. The van der Waals surface area contributed by atoms with Crippen LogP contribution in [0.2, 0.25) is 0 Å². The van der Waals surface area contributed by atoms with E-state index >= 15 is 0 Å². The van der Waals surface area contributed by atoms with Crippen LogP contribution >= 0.6 is 0 Å². The highest BCUT2D eigenvalue weighted by Gasteiger charge is 2.71. The van der Waals surface area contributed by atoms with Crippen molar-refractivity contribution in [3.8, 4) is 11.5 Å². The van der Waals surface area contributed by atoms with Crippen molar-refractivity contribution in [1.82, 2.24) is 10.2 Å². The molecule has 3 heteroatoms. The minimum Gasteiger partial charge on any atom is -0.420 e. The van der Waals surface area contributed by atoms with Gasteiger partial charge >= 0.3 is 0 Å². The second kappa shape index (κ2) is 9.06. The molecule has 5 aliphatic carbocycles.